The molecule has 0 bridgehead atoms. The van der Waals surface area contributed by atoms with Gasteiger partial charge in [-0.15, -0.1) is 6.58 Å². The zero-order valence-electron chi connectivity index (χ0n) is 9.56. The molecule has 0 atom stereocenters. The van der Waals surface area contributed by atoms with Crippen LogP contribution in [0.2, 0.25) is 0 Å². The fourth-order valence-electron chi connectivity index (χ4n) is 1.89. The van der Waals surface area contributed by atoms with Crippen molar-refractivity contribution in [2.45, 2.75) is 46.1 Å². The number of allylic oxidation sites excluding steroid dienone is 1. The zero-order chi connectivity index (χ0) is 10.1. The molecule has 1 nitrogen and oxygen atoms in total. The lowest BCUT2D eigenvalue weighted by atomic mass is 9.79. The van der Waals surface area contributed by atoms with Crippen LogP contribution < -0.4 is 0 Å². The molecule has 0 spiro atoms. The molecule has 76 valence electrons. The Morgan fingerprint density at radius 1 is 1.23 bits per heavy atom. The van der Waals surface area contributed by atoms with Crippen molar-refractivity contribution in [1.82, 2.24) is 4.90 Å². The third-order valence-corrected chi connectivity index (χ3v) is 3.35. The summed E-state index contributed by atoms with van der Waals surface area (Å²) in [5, 5.41) is 0. The molecule has 1 aliphatic heterocycles. The Hall–Kier alpha value is -0.300. The Morgan fingerprint density at radius 2 is 1.69 bits per heavy atom. The second-order valence-corrected chi connectivity index (χ2v) is 5.52. The number of piperidine rings is 1. The number of likely N-dealkylation sites (tertiary alicyclic amines) is 1. The summed E-state index contributed by atoms with van der Waals surface area (Å²) in [5.41, 5.74) is 0.726. The average Bonchev–Trinajstić information content (AvgIpc) is 2.04. The van der Waals surface area contributed by atoms with Crippen LogP contribution in [-0.4, -0.2) is 23.5 Å². The third-order valence-electron chi connectivity index (χ3n) is 3.35. The van der Waals surface area contributed by atoms with E-state index < -0.39 is 0 Å². The Bertz CT molecular complexity index is 180. The van der Waals surface area contributed by atoms with Crippen molar-refractivity contribution in [3.05, 3.63) is 12.7 Å². The Kier molecular flexibility index (Phi) is 2.86. The highest BCUT2D eigenvalue weighted by atomic mass is 15.2. The van der Waals surface area contributed by atoms with Crippen molar-refractivity contribution < 1.29 is 0 Å². The van der Waals surface area contributed by atoms with Crippen LogP contribution in [-0.2, 0) is 0 Å². The van der Waals surface area contributed by atoms with E-state index >= 15 is 0 Å². The van der Waals surface area contributed by atoms with Gasteiger partial charge in [-0.1, -0.05) is 13.0 Å². The minimum atomic E-state index is 0.336. The van der Waals surface area contributed by atoms with Gasteiger partial charge in [-0.3, -0.25) is 4.90 Å². The molecule has 0 unspecified atom stereocenters. The lowest BCUT2D eigenvalue weighted by Gasteiger charge is -2.44. The molecule has 1 aliphatic rings. The van der Waals surface area contributed by atoms with Crippen molar-refractivity contribution in [1.29, 1.82) is 0 Å². The van der Waals surface area contributed by atoms with Crippen LogP contribution >= 0.6 is 0 Å². The first kappa shape index (κ1) is 10.8. The quantitative estimate of drug-likeness (QED) is 0.562. The van der Waals surface area contributed by atoms with Gasteiger partial charge in [-0.05, 0) is 52.1 Å². The van der Waals surface area contributed by atoms with Gasteiger partial charge in [0.05, 0.1) is 0 Å². The van der Waals surface area contributed by atoms with Crippen molar-refractivity contribution in [2.24, 2.45) is 5.41 Å². The maximum absolute atomic E-state index is 3.92. The molecule has 0 radical (unpaired) electrons. The predicted molar refractivity (Wildman–Crippen MR) is 58.9 cm³/mol. The van der Waals surface area contributed by atoms with Crippen LogP contribution in [0.5, 0.6) is 0 Å². The summed E-state index contributed by atoms with van der Waals surface area (Å²) in [7, 11) is 0. The van der Waals surface area contributed by atoms with E-state index in [9.17, 15) is 0 Å². The second kappa shape index (κ2) is 3.45. The molecule has 1 saturated heterocycles. The molecule has 1 heteroatoms. The normalized spacial score (nSPS) is 24.3. The molecule has 1 fully saturated rings. The van der Waals surface area contributed by atoms with Crippen LogP contribution in [0.4, 0.5) is 0 Å². The van der Waals surface area contributed by atoms with E-state index in [0.29, 0.717) is 11.0 Å². The van der Waals surface area contributed by atoms with E-state index in [-0.39, 0.29) is 0 Å². The predicted octanol–water partition coefficient (Wildman–Crippen LogP) is 3.07. The highest BCUT2D eigenvalue weighted by Gasteiger charge is 2.31. The SMILES string of the molecule is C=CC1(C)CCN(C(C)(C)C)CC1. The lowest BCUT2D eigenvalue weighted by molar-refractivity contribution is 0.0700. The maximum Gasteiger partial charge on any atom is 0.0125 e. The fraction of sp³-hybridized carbons (Fsp3) is 0.833. The summed E-state index contributed by atoms with van der Waals surface area (Å²) in [6, 6.07) is 0. The van der Waals surface area contributed by atoms with Gasteiger partial charge in [0.15, 0.2) is 0 Å². The Morgan fingerprint density at radius 3 is 2.00 bits per heavy atom. The van der Waals surface area contributed by atoms with Gasteiger partial charge >= 0.3 is 0 Å². The molecule has 0 amide bonds. The highest BCUT2D eigenvalue weighted by molar-refractivity contribution is 4.96. The minimum absolute atomic E-state index is 0.336. The molecule has 0 aromatic carbocycles. The molecule has 0 aliphatic carbocycles. The van der Waals surface area contributed by atoms with Gasteiger partial charge in [0.25, 0.3) is 0 Å². The van der Waals surface area contributed by atoms with Crippen LogP contribution in [0, 0.1) is 5.41 Å². The van der Waals surface area contributed by atoms with E-state index in [1.807, 2.05) is 0 Å². The number of hydrogen-bond acceptors (Lipinski definition) is 1. The standard InChI is InChI=1S/C12H23N/c1-6-12(5)7-9-13(10-8-12)11(2,3)4/h6H,1,7-10H2,2-5H3. The molecule has 0 aromatic rings. The molecule has 0 aromatic heterocycles. The fourth-order valence-corrected chi connectivity index (χ4v) is 1.89. The first-order chi connectivity index (χ1) is 5.87. The van der Waals surface area contributed by atoms with Crippen molar-refractivity contribution >= 4 is 0 Å². The third kappa shape index (κ3) is 2.57. The van der Waals surface area contributed by atoms with Gasteiger partial charge in [-0.25, -0.2) is 0 Å². The molecular weight excluding hydrogens is 158 g/mol. The van der Waals surface area contributed by atoms with Crippen LogP contribution in [0.1, 0.15) is 40.5 Å². The van der Waals surface area contributed by atoms with Gasteiger partial charge in [0, 0.05) is 5.54 Å². The Balaban J connectivity index is 2.53. The summed E-state index contributed by atoms with van der Waals surface area (Å²) < 4.78 is 0. The molecule has 1 rings (SSSR count). The summed E-state index contributed by atoms with van der Waals surface area (Å²) >= 11 is 0. The van der Waals surface area contributed by atoms with Crippen molar-refractivity contribution in [3.63, 3.8) is 0 Å². The topological polar surface area (TPSA) is 3.24 Å². The molecule has 1 heterocycles. The van der Waals surface area contributed by atoms with Gasteiger partial charge in [0.1, 0.15) is 0 Å². The summed E-state index contributed by atoms with van der Waals surface area (Å²) in [6.45, 7) is 15.6. The largest absolute Gasteiger partial charge is 0.298 e. The lowest BCUT2D eigenvalue weighted by Crippen LogP contribution is -2.47. The maximum atomic E-state index is 3.92. The van der Waals surface area contributed by atoms with Gasteiger partial charge < -0.3 is 0 Å². The van der Waals surface area contributed by atoms with E-state index in [1.165, 1.54) is 25.9 Å². The minimum Gasteiger partial charge on any atom is -0.298 e. The summed E-state index contributed by atoms with van der Waals surface area (Å²) in [6.07, 6.45) is 4.65. The summed E-state index contributed by atoms with van der Waals surface area (Å²) in [4.78, 5) is 2.57. The Labute approximate surface area is 82.8 Å². The van der Waals surface area contributed by atoms with Gasteiger partial charge in [-0.2, -0.15) is 0 Å². The van der Waals surface area contributed by atoms with Crippen LogP contribution in [0.25, 0.3) is 0 Å². The number of hydrogen-bond donors (Lipinski definition) is 0. The number of rotatable bonds is 1. The van der Waals surface area contributed by atoms with Crippen molar-refractivity contribution in [3.8, 4) is 0 Å². The average molecular weight is 181 g/mol. The van der Waals surface area contributed by atoms with Crippen LogP contribution in [0.15, 0.2) is 12.7 Å². The second-order valence-electron chi connectivity index (χ2n) is 5.52. The van der Waals surface area contributed by atoms with E-state index in [4.69, 9.17) is 0 Å². The number of nitrogens with zero attached hydrogens (tertiary/aromatic N) is 1. The molecule has 0 saturated carbocycles. The van der Waals surface area contributed by atoms with Gasteiger partial charge in [0.2, 0.25) is 0 Å². The summed E-state index contributed by atoms with van der Waals surface area (Å²) in [5.74, 6) is 0. The smallest absolute Gasteiger partial charge is 0.0125 e. The molecular formula is C12H23N. The van der Waals surface area contributed by atoms with Crippen molar-refractivity contribution in [2.75, 3.05) is 13.1 Å². The molecule has 0 N–H and O–H groups in total. The van der Waals surface area contributed by atoms with E-state index in [1.54, 1.807) is 0 Å². The first-order valence-electron chi connectivity index (χ1n) is 5.26. The highest BCUT2D eigenvalue weighted by Crippen LogP contribution is 2.34. The van der Waals surface area contributed by atoms with E-state index in [0.717, 1.165) is 0 Å². The van der Waals surface area contributed by atoms with Crippen LogP contribution in [0.3, 0.4) is 0 Å². The monoisotopic (exact) mass is 181 g/mol. The molecule has 13 heavy (non-hydrogen) atoms. The zero-order valence-corrected chi connectivity index (χ0v) is 9.56. The first-order valence-corrected chi connectivity index (χ1v) is 5.26. The van der Waals surface area contributed by atoms with E-state index in [2.05, 4.69) is 45.2 Å².